The lowest BCUT2D eigenvalue weighted by Gasteiger charge is -2.48. The van der Waals surface area contributed by atoms with Gasteiger partial charge in [-0.15, -0.1) is 0 Å². The van der Waals surface area contributed by atoms with Gasteiger partial charge in [0.25, 0.3) is 5.91 Å². The molecular weight excluding hydrogens is 407 g/mol. The van der Waals surface area contributed by atoms with Gasteiger partial charge in [-0.3, -0.25) is 14.5 Å². The predicted octanol–water partition coefficient (Wildman–Crippen LogP) is 5.03. The number of hydrogen-bond donors (Lipinski definition) is 1. The van der Waals surface area contributed by atoms with Crippen LogP contribution in [0, 0.1) is 11.7 Å². The number of amides is 1. The molecule has 1 amide bonds. The minimum Gasteiger partial charge on any atom is -0.481 e. The highest BCUT2D eigenvalue weighted by Crippen LogP contribution is 2.52. The maximum absolute atomic E-state index is 13.6. The highest BCUT2D eigenvalue weighted by atomic mass is 19.1. The van der Waals surface area contributed by atoms with Gasteiger partial charge in [-0.2, -0.15) is 0 Å². The fraction of sp³-hybridized carbons (Fsp3) is 0.462. The molecule has 3 aliphatic rings. The summed E-state index contributed by atoms with van der Waals surface area (Å²) in [6.45, 7) is 0.769. The third-order valence-corrected chi connectivity index (χ3v) is 7.27. The lowest BCUT2D eigenvalue weighted by molar-refractivity contribution is -0.137. The molecule has 0 saturated heterocycles. The quantitative estimate of drug-likeness (QED) is 0.662. The molecule has 1 N–H and O–H groups in total. The van der Waals surface area contributed by atoms with Crippen molar-refractivity contribution in [2.45, 2.75) is 63.1 Å². The van der Waals surface area contributed by atoms with Gasteiger partial charge in [0.05, 0.1) is 0 Å². The molecule has 3 atom stereocenters. The Bertz CT molecular complexity index is 1000. The van der Waals surface area contributed by atoms with E-state index in [-0.39, 0.29) is 30.2 Å². The molecule has 32 heavy (non-hydrogen) atoms. The molecule has 5 rings (SSSR count). The minimum atomic E-state index is -0.750. The molecule has 2 aliphatic carbocycles. The number of halogens is 1. The van der Waals surface area contributed by atoms with Crippen LogP contribution in [0.2, 0.25) is 0 Å². The van der Waals surface area contributed by atoms with E-state index in [0.29, 0.717) is 23.9 Å². The van der Waals surface area contributed by atoms with Crippen LogP contribution in [0.1, 0.15) is 66.9 Å². The summed E-state index contributed by atoms with van der Waals surface area (Å²) in [6.07, 6.45) is 6.21. The third kappa shape index (κ3) is 3.92. The Labute approximate surface area is 187 Å². The average Bonchev–Trinajstić information content (AvgIpc) is 3.52. The number of fused-ring (bicyclic) bond motifs is 2. The van der Waals surface area contributed by atoms with Crippen LogP contribution in [-0.4, -0.2) is 40.5 Å². The molecule has 168 valence electrons. The number of aliphatic carboxylic acids is 1. The monoisotopic (exact) mass is 436 g/mol. The summed E-state index contributed by atoms with van der Waals surface area (Å²) in [5.41, 5.74) is 2.61. The van der Waals surface area contributed by atoms with Crippen molar-refractivity contribution in [2.75, 3.05) is 11.4 Å². The number of para-hydroxylation sites is 1. The van der Waals surface area contributed by atoms with Crippen LogP contribution in [0.4, 0.5) is 10.1 Å². The number of rotatable bonds is 7. The second-order valence-corrected chi connectivity index (χ2v) is 9.31. The molecule has 0 aromatic heterocycles. The second kappa shape index (κ2) is 8.66. The van der Waals surface area contributed by atoms with Gasteiger partial charge in [0.2, 0.25) is 0 Å². The summed E-state index contributed by atoms with van der Waals surface area (Å²) in [5.74, 6) is -0.850. The average molecular weight is 437 g/mol. The van der Waals surface area contributed by atoms with Crippen molar-refractivity contribution < 1.29 is 19.1 Å². The van der Waals surface area contributed by atoms with Crippen LogP contribution in [0.15, 0.2) is 48.5 Å². The maximum Gasteiger partial charge on any atom is 0.303 e. The number of nitrogens with zero attached hydrogens (tertiary/aromatic N) is 2. The molecule has 2 saturated carbocycles. The first kappa shape index (κ1) is 21.1. The Kier molecular flexibility index (Phi) is 5.72. The molecule has 0 bridgehead atoms. The van der Waals surface area contributed by atoms with E-state index in [0.717, 1.165) is 49.9 Å². The molecule has 1 heterocycles. The molecular formula is C26H29FN2O3. The Morgan fingerprint density at radius 3 is 2.50 bits per heavy atom. The van der Waals surface area contributed by atoms with Crippen LogP contribution >= 0.6 is 0 Å². The van der Waals surface area contributed by atoms with Crippen LogP contribution < -0.4 is 4.90 Å². The van der Waals surface area contributed by atoms with Gasteiger partial charge in [0.15, 0.2) is 0 Å². The number of carboxylic acid groups (broad SMARTS) is 1. The summed E-state index contributed by atoms with van der Waals surface area (Å²) in [5, 5.41) is 9.13. The second-order valence-electron chi connectivity index (χ2n) is 9.31. The van der Waals surface area contributed by atoms with Crippen molar-refractivity contribution in [3.8, 4) is 0 Å². The van der Waals surface area contributed by atoms with Gasteiger partial charge in [-0.25, -0.2) is 4.39 Å². The Morgan fingerprint density at radius 1 is 1.03 bits per heavy atom. The highest BCUT2D eigenvalue weighted by Gasteiger charge is 2.49. The molecule has 0 radical (unpaired) electrons. The first-order chi connectivity index (χ1) is 15.5. The molecule has 1 aliphatic heterocycles. The SMILES string of the molecule is O=C(O)CCCN(C1CC1)[C@H]1c2ccccc2N(C(=O)c2ccc(F)cc2)[C@@H]2CCC[C@@H]21. The zero-order chi connectivity index (χ0) is 22.2. The molecule has 2 aromatic rings. The van der Waals surface area contributed by atoms with Crippen LogP contribution in [-0.2, 0) is 4.79 Å². The molecule has 0 spiro atoms. The Morgan fingerprint density at radius 2 is 1.78 bits per heavy atom. The van der Waals surface area contributed by atoms with Gasteiger partial charge >= 0.3 is 5.97 Å². The Balaban J connectivity index is 1.52. The lowest BCUT2D eigenvalue weighted by atomic mass is 9.81. The van der Waals surface area contributed by atoms with Crippen molar-refractivity contribution >= 4 is 17.6 Å². The minimum absolute atomic E-state index is 0.0725. The van der Waals surface area contributed by atoms with Crippen molar-refractivity contribution in [3.63, 3.8) is 0 Å². The number of carbonyl (C=O) groups is 2. The number of hydrogen-bond acceptors (Lipinski definition) is 3. The fourth-order valence-electron chi connectivity index (χ4n) is 5.81. The topological polar surface area (TPSA) is 60.9 Å². The largest absolute Gasteiger partial charge is 0.481 e. The van der Waals surface area contributed by atoms with Crippen LogP contribution in [0.3, 0.4) is 0 Å². The van der Waals surface area contributed by atoms with Gasteiger partial charge in [-0.1, -0.05) is 24.6 Å². The summed E-state index contributed by atoms with van der Waals surface area (Å²) in [4.78, 5) is 29.2. The lowest BCUT2D eigenvalue weighted by Crippen LogP contribution is -2.52. The number of benzene rings is 2. The third-order valence-electron chi connectivity index (χ3n) is 7.27. The first-order valence-electron chi connectivity index (χ1n) is 11.7. The number of anilines is 1. The van der Waals surface area contributed by atoms with E-state index >= 15 is 0 Å². The van der Waals surface area contributed by atoms with E-state index < -0.39 is 5.97 Å². The highest BCUT2D eigenvalue weighted by molar-refractivity contribution is 6.07. The van der Waals surface area contributed by atoms with E-state index in [2.05, 4.69) is 11.0 Å². The normalized spacial score (nSPS) is 24.3. The summed E-state index contributed by atoms with van der Waals surface area (Å²) in [6, 6.07) is 14.8. The van der Waals surface area contributed by atoms with E-state index in [1.165, 1.54) is 12.1 Å². The van der Waals surface area contributed by atoms with Gasteiger partial charge in [0.1, 0.15) is 5.82 Å². The van der Waals surface area contributed by atoms with Gasteiger partial charge < -0.3 is 10.0 Å². The fourth-order valence-corrected chi connectivity index (χ4v) is 5.81. The van der Waals surface area contributed by atoms with Crippen LogP contribution in [0.5, 0.6) is 0 Å². The maximum atomic E-state index is 13.6. The summed E-state index contributed by atoms with van der Waals surface area (Å²) >= 11 is 0. The summed E-state index contributed by atoms with van der Waals surface area (Å²) < 4.78 is 13.5. The van der Waals surface area contributed by atoms with Crippen LogP contribution in [0.25, 0.3) is 0 Å². The van der Waals surface area contributed by atoms with E-state index in [4.69, 9.17) is 5.11 Å². The van der Waals surface area contributed by atoms with Crippen molar-refractivity contribution in [1.82, 2.24) is 4.90 Å². The van der Waals surface area contributed by atoms with Gasteiger partial charge in [0, 0.05) is 35.8 Å². The summed E-state index contributed by atoms with van der Waals surface area (Å²) in [7, 11) is 0. The van der Waals surface area contributed by atoms with Gasteiger partial charge in [-0.05, 0) is 80.5 Å². The molecule has 0 unspecified atom stereocenters. The first-order valence-corrected chi connectivity index (χ1v) is 11.7. The predicted molar refractivity (Wildman–Crippen MR) is 120 cm³/mol. The Hall–Kier alpha value is -2.73. The number of carbonyl (C=O) groups excluding carboxylic acids is 1. The van der Waals surface area contributed by atoms with E-state index in [1.807, 2.05) is 23.1 Å². The van der Waals surface area contributed by atoms with Crippen molar-refractivity contribution in [3.05, 3.63) is 65.5 Å². The van der Waals surface area contributed by atoms with Crippen molar-refractivity contribution in [2.24, 2.45) is 5.92 Å². The smallest absolute Gasteiger partial charge is 0.303 e. The van der Waals surface area contributed by atoms with E-state index in [9.17, 15) is 14.0 Å². The van der Waals surface area contributed by atoms with E-state index in [1.54, 1.807) is 12.1 Å². The molecule has 6 heteroatoms. The number of carboxylic acids is 1. The zero-order valence-corrected chi connectivity index (χ0v) is 18.1. The molecule has 2 fully saturated rings. The zero-order valence-electron chi connectivity index (χ0n) is 18.1. The van der Waals surface area contributed by atoms with Crippen molar-refractivity contribution in [1.29, 1.82) is 0 Å². The standard InChI is InChI=1S/C26H29FN2O3/c27-18-12-10-17(11-13-18)26(32)29-22-7-2-1-5-20(22)25(21-6-3-8-23(21)29)28(19-14-15-19)16-4-9-24(30)31/h1-2,5,7,10-13,19,21,23,25H,3-4,6,8-9,14-16H2,(H,30,31)/t21-,23+,25-/m0/s1. The molecule has 5 nitrogen and oxygen atoms in total. The molecule has 2 aromatic carbocycles.